The van der Waals surface area contributed by atoms with E-state index in [0.29, 0.717) is 6.54 Å². The molecule has 1 amide bonds. The van der Waals surface area contributed by atoms with Crippen molar-refractivity contribution in [1.82, 2.24) is 5.32 Å². The fourth-order valence-electron chi connectivity index (χ4n) is 2.97. The third kappa shape index (κ3) is 5.41. The van der Waals surface area contributed by atoms with Gasteiger partial charge in [-0.1, -0.05) is 23.7 Å². The summed E-state index contributed by atoms with van der Waals surface area (Å²) in [5.41, 5.74) is 2.64. The lowest BCUT2D eigenvalue weighted by Crippen LogP contribution is -2.30. The first-order valence-corrected chi connectivity index (χ1v) is 9.97. The van der Waals surface area contributed by atoms with Gasteiger partial charge in [0.1, 0.15) is 5.75 Å². The minimum atomic E-state index is -0.0786. The van der Waals surface area contributed by atoms with E-state index in [1.165, 1.54) is 24.0 Å². The molecule has 1 aliphatic rings. The van der Waals surface area contributed by atoms with Crippen LogP contribution < -0.4 is 10.1 Å². The van der Waals surface area contributed by atoms with Crippen LogP contribution in [0.15, 0.2) is 47.4 Å². The summed E-state index contributed by atoms with van der Waals surface area (Å²) in [6.07, 6.45) is 4.59. The molecule has 0 unspecified atom stereocenters. The highest BCUT2D eigenvalue weighted by molar-refractivity contribution is 7.99. The number of hydrogen-bond donors (Lipinski definition) is 1. The van der Waals surface area contributed by atoms with Crippen LogP contribution in [0.2, 0.25) is 5.02 Å². The van der Waals surface area contributed by atoms with Gasteiger partial charge in [-0.3, -0.25) is 4.79 Å². The average Bonchev–Trinajstić information content (AvgIpc) is 2.65. The molecule has 0 spiro atoms. The van der Waals surface area contributed by atoms with Crippen LogP contribution in [0.4, 0.5) is 0 Å². The Morgan fingerprint density at radius 2 is 1.92 bits per heavy atom. The summed E-state index contributed by atoms with van der Waals surface area (Å²) < 4.78 is 5.76. The molecule has 2 aromatic carbocycles. The number of amides is 1. The second-order valence-electron chi connectivity index (χ2n) is 6.04. The maximum Gasteiger partial charge on any atom is 0.257 e. The summed E-state index contributed by atoms with van der Waals surface area (Å²) in [7, 11) is 0. The van der Waals surface area contributed by atoms with Crippen molar-refractivity contribution in [2.45, 2.75) is 30.6 Å². The molecule has 0 atom stereocenters. The van der Waals surface area contributed by atoms with E-state index >= 15 is 0 Å². The smallest absolute Gasteiger partial charge is 0.257 e. The molecule has 2 aromatic rings. The van der Waals surface area contributed by atoms with Crippen molar-refractivity contribution in [3.05, 3.63) is 58.6 Å². The Balaban J connectivity index is 1.39. The van der Waals surface area contributed by atoms with Crippen LogP contribution in [0.3, 0.4) is 0 Å². The normalized spacial score (nSPS) is 13.2. The number of benzene rings is 2. The lowest BCUT2D eigenvalue weighted by atomic mass is 9.91. The Labute approximate surface area is 158 Å². The van der Waals surface area contributed by atoms with Gasteiger partial charge in [0.05, 0.1) is 0 Å². The van der Waals surface area contributed by atoms with E-state index in [-0.39, 0.29) is 12.5 Å². The number of fused-ring (bicyclic) bond motifs is 1. The van der Waals surface area contributed by atoms with Crippen molar-refractivity contribution in [2.75, 3.05) is 18.9 Å². The number of halogens is 1. The molecule has 5 heteroatoms. The first kappa shape index (κ1) is 18.2. The van der Waals surface area contributed by atoms with Gasteiger partial charge in [-0.2, -0.15) is 0 Å². The molecule has 3 nitrogen and oxygen atoms in total. The summed E-state index contributed by atoms with van der Waals surface area (Å²) in [6, 6.07) is 13.9. The number of thioether (sulfide) groups is 1. The van der Waals surface area contributed by atoms with Gasteiger partial charge in [-0.05, 0) is 67.1 Å². The molecule has 1 N–H and O–H groups in total. The van der Waals surface area contributed by atoms with E-state index < -0.39 is 0 Å². The van der Waals surface area contributed by atoms with Gasteiger partial charge in [0.25, 0.3) is 5.91 Å². The number of hydrogen-bond acceptors (Lipinski definition) is 3. The molecule has 3 rings (SSSR count). The first-order valence-electron chi connectivity index (χ1n) is 8.61. The van der Waals surface area contributed by atoms with Crippen LogP contribution in [0.25, 0.3) is 0 Å². The summed E-state index contributed by atoms with van der Waals surface area (Å²) in [6.45, 7) is 0.685. The van der Waals surface area contributed by atoms with E-state index in [1.54, 1.807) is 11.8 Å². The molecule has 0 radical (unpaired) electrons. The van der Waals surface area contributed by atoms with Crippen molar-refractivity contribution in [3.63, 3.8) is 0 Å². The minimum absolute atomic E-state index is 0.0715. The lowest BCUT2D eigenvalue weighted by molar-refractivity contribution is -0.122. The Morgan fingerprint density at radius 3 is 2.76 bits per heavy atom. The number of ether oxygens (including phenoxy) is 1. The number of nitrogens with one attached hydrogen (secondary N) is 1. The van der Waals surface area contributed by atoms with Gasteiger partial charge in [0.15, 0.2) is 6.61 Å². The Bertz CT molecular complexity index is 718. The van der Waals surface area contributed by atoms with Gasteiger partial charge in [-0.25, -0.2) is 0 Å². The predicted octanol–water partition coefficient (Wildman–Crippen LogP) is 4.51. The molecule has 0 aliphatic heterocycles. The summed E-state index contributed by atoms with van der Waals surface area (Å²) in [5, 5.41) is 3.64. The first-order chi connectivity index (χ1) is 12.2. The van der Waals surface area contributed by atoms with Gasteiger partial charge < -0.3 is 10.1 Å². The fraction of sp³-hybridized carbons (Fsp3) is 0.350. The standard InChI is InChI=1S/C20H22ClNO2S/c21-16-8-10-17(11-9-16)25-13-12-22-20(23)14-24-19-7-3-5-15-4-1-2-6-18(15)19/h3,5,7-11H,1-2,4,6,12-14H2,(H,22,23). The van der Waals surface area contributed by atoms with E-state index in [2.05, 4.69) is 11.4 Å². The molecule has 0 saturated heterocycles. The maximum atomic E-state index is 12.0. The third-order valence-corrected chi connectivity index (χ3v) is 5.48. The van der Waals surface area contributed by atoms with Gasteiger partial charge in [0, 0.05) is 22.2 Å². The highest BCUT2D eigenvalue weighted by Crippen LogP contribution is 2.29. The molecule has 0 fully saturated rings. The number of rotatable bonds is 7. The van der Waals surface area contributed by atoms with Crippen LogP contribution >= 0.6 is 23.4 Å². The van der Waals surface area contributed by atoms with Crippen LogP contribution in [0.5, 0.6) is 5.75 Å². The highest BCUT2D eigenvalue weighted by Gasteiger charge is 2.14. The SMILES string of the molecule is O=C(COc1cccc2c1CCCC2)NCCSc1ccc(Cl)cc1. The zero-order valence-corrected chi connectivity index (χ0v) is 15.7. The fourth-order valence-corrected chi connectivity index (χ4v) is 3.86. The van der Waals surface area contributed by atoms with Crippen LogP contribution in [-0.2, 0) is 17.6 Å². The highest BCUT2D eigenvalue weighted by atomic mass is 35.5. The topological polar surface area (TPSA) is 38.3 Å². The summed E-state index contributed by atoms with van der Waals surface area (Å²) in [5.74, 6) is 1.60. The zero-order chi connectivity index (χ0) is 17.5. The number of carbonyl (C=O) groups excluding carboxylic acids is 1. The van der Waals surface area contributed by atoms with Gasteiger partial charge in [-0.15, -0.1) is 11.8 Å². The van der Waals surface area contributed by atoms with E-state index in [9.17, 15) is 4.79 Å². The van der Waals surface area contributed by atoms with E-state index in [1.807, 2.05) is 36.4 Å². The predicted molar refractivity (Wildman–Crippen MR) is 104 cm³/mol. The summed E-state index contributed by atoms with van der Waals surface area (Å²) >= 11 is 7.55. The van der Waals surface area contributed by atoms with Gasteiger partial charge >= 0.3 is 0 Å². The average molecular weight is 376 g/mol. The molecular formula is C20H22ClNO2S. The Hall–Kier alpha value is -1.65. The van der Waals surface area contributed by atoms with E-state index in [0.717, 1.165) is 34.3 Å². The molecule has 0 heterocycles. The molecule has 0 bridgehead atoms. The summed E-state index contributed by atoms with van der Waals surface area (Å²) in [4.78, 5) is 13.1. The molecular weight excluding hydrogens is 354 g/mol. The van der Waals surface area contributed by atoms with Crippen molar-refractivity contribution < 1.29 is 9.53 Å². The Morgan fingerprint density at radius 1 is 1.12 bits per heavy atom. The molecule has 0 aromatic heterocycles. The number of carbonyl (C=O) groups is 1. The second kappa shape index (κ2) is 9.16. The second-order valence-corrected chi connectivity index (χ2v) is 7.65. The van der Waals surface area contributed by atoms with Crippen LogP contribution in [0.1, 0.15) is 24.0 Å². The third-order valence-electron chi connectivity index (χ3n) is 4.22. The van der Waals surface area contributed by atoms with Crippen molar-refractivity contribution in [1.29, 1.82) is 0 Å². The molecule has 1 aliphatic carbocycles. The minimum Gasteiger partial charge on any atom is -0.483 e. The molecule has 25 heavy (non-hydrogen) atoms. The molecule has 132 valence electrons. The molecule has 0 saturated carbocycles. The largest absolute Gasteiger partial charge is 0.483 e. The number of aryl methyl sites for hydroxylation is 1. The van der Waals surface area contributed by atoms with E-state index in [4.69, 9.17) is 16.3 Å². The lowest BCUT2D eigenvalue weighted by Gasteiger charge is -2.19. The van der Waals surface area contributed by atoms with Crippen molar-refractivity contribution >= 4 is 29.3 Å². The monoisotopic (exact) mass is 375 g/mol. The van der Waals surface area contributed by atoms with Crippen LogP contribution in [-0.4, -0.2) is 24.8 Å². The van der Waals surface area contributed by atoms with Crippen molar-refractivity contribution in [3.8, 4) is 5.75 Å². The quantitative estimate of drug-likeness (QED) is 0.571. The van der Waals surface area contributed by atoms with Gasteiger partial charge in [0.2, 0.25) is 0 Å². The maximum absolute atomic E-state index is 12.0. The van der Waals surface area contributed by atoms with Crippen molar-refractivity contribution in [2.24, 2.45) is 0 Å². The zero-order valence-electron chi connectivity index (χ0n) is 14.1. The Kier molecular flexibility index (Phi) is 6.65. The van der Waals surface area contributed by atoms with Crippen LogP contribution in [0, 0.1) is 0 Å².